The zero-order valence-electron chi connectivity index (χ0n) is 23.7. The van der Waals surface area contributed by atoms with Gasteiger partial charge in [0.2, 0.25) is 0 Å². The van der Waals surface area contributed by atoms with Gasteiger partial charge in [-0.2, -0.15) is 13.5 Å². The number of hydrogen-bond donors (Lipinski definition) is 4. The molecule has 0 aliphatic rings. The van der Waals surface area contributed by atoms with Crippen LogP contribution in [0.3, 0.4) is 0 Å². The molecule has 5 aromatic rings. The lowest BCUT2D eigenvalue weighted by Crippen LogP contribution is -2.07. The van der Waals surface area contributed by atoms with Crippen LogP contribution in [0.5, 0.6) is 11.5 Å². The van der Waals surface area contributed by atoms with Gasteiger partial charge in [0.25, 0.3) is 10.1 Å². The number of aryl methyl sites for hydroxylation is 1. The molecular weight excluding hydrogens is 606 g/mol. The highest BCUT2D eigenvalue weighted by atomic mass is 32.2. The van der Waals surface area contributed by atoms with Crippen LogP contribution in [0.4, 0.5) is 28.4 Å². The molecule has 226 valence electrons. The molecule has 0 radical (unpaired) electrons. The number of benzene rings is 5. The quantitative estimate of drug-likeness (QED) is 0.0990. The van der Waals surface area contributed by atoms with Crippen LogP contribution in [-0.4, -0.2) is 44.4 Å². The molecule has 0 saturated carbocycles. The molecule has 0 fully saturated rings. The summed E-state index contributed by atoms with van der Waals surface area (Å²) in [6, 6.07) is 18.8. The van der Waals surface area contributed by atoms with Crippen LogP contribution in [0, 0.1) is 6.92 Å². The normalized spacial score (nSPS) is 12.5. The summed E-state index contributed by atoms with van der Waals surface area (Å²) in [4.78, 5) is -1.12. The lowest BCUT2D eigenvalue weighted by Gasteiger charge is -2.11. The van der Waals surface area contributed by atoms with Gasteiger partial charge in [0.05, 0.1) is 22.0 Å². The van der Waals surface area contributed by atoms with Crippen molar-refractivity contribution >= 4 is 69.9 Å². The second-order valence-electron chi connectivity index (χ2n) is 9.76. The molecule has 0 bridgehead atoms. The van der Waals surface area contributed by atoms with Crippen molar-refractivity contribution in [3.05, 3.63) is 78.4 Å². The Morgan fingerprint density at radius 2 is 1.39 bits per heavy atom. The molecule has 44 heavy (non-hydrogen) atoms. The fourth-order valence-corrected chi connectivity index (χ4v) is 6.40. The van der Waals surface area contributed by atoms with Gasteiger partial charge >= 0.3 is 0 Å². The highest BCUT2D eigenvalue weighted by Crippen LogP contribution is 2.44. The summed E-state index contributed by atoms with van der Waals surface area (Å²) in [6.45, 7) is 3.32. The molecule has 0 aliphatic heterocycles. The standard InChI is InChI=1S/C30H27N5O7S2/c1-4-43(38,39)19-15-18-9-12-25(30(37)27(18)26(16-19)44(40,41)42)34-33-24-14-10-20-21(29(24)36)11-13-23(31-3)28(20)35-32-22-8-6-5-7-17(22)2/h5-16,31,36-37H,4H2,1-3H3,(H,40,41,42). The van der Waals surface area contributed by atoms with E-state index in [9.17, 15) is 31.6 Å². The van der Waals surface area contributed by atoms with Gasteiger partial charge in [-0.1, -0.05) is 31.2 Å². The second kappa shape index (κ2) is 11.6. The summed E-state index contributed by atoms with van der Waals surface area (Å²) in [6.07, 6.45) is 0. The largest absolute Gasteiger partial charge is 0.505 e. The van der Waals surface area contributed by atoms with Crippen molar-refractivity contribution in [1.29, 1.82) is 0 Å². The van der Waals surface area contributed by atoms with Crippen LogP contribution in [0.15, 0.2) is 103 Å². The first-order valence-corrected chi connectivity index (χ1v) is 16.3. The van der Waals surface area contributed by atoms with Crippen LogP contribution >= 0.6 is 0 Å². The van der Waals surface area contributed by atoms with E-state index in [1.807, 2.05) is 31.2 Å². The molecule has 0 amide bonds. The molecule has 0 spiro atoms. The van der Waals surface area contributed by atoms with Crippen molar-refractivity contribution in [2.75, 3.05) is 18.1 Å². The number of phenols is 2. The van der Waals surface area contributed by atoms with Crippen molar-refractivity contribution in [1.82, 2.24) is 0 Å². The SMILES string of the molecule is CCS(=O)(=O)c1cc(S(=O)(=O)O)c2c(O)c(N=Nc3ccc4c(N=Nc5ccccc5C)c(NC)ccc4c3O)ccc2c1. The molecule has 0 unspecified atom stereocenters. The molecular formula is C30H27N5O7S2. The van der Waals surface area contributed by atoms with E-state index >= 15 is 0 Å². The molecule has 0 aliphatic carbocycles. The summed E-state index contributed by atoms with van der Waals surface area (Å²) in [7, 11) is -7.05. The molecule has 0 saturated heterocycles. The van der Waals surface area contributed by atoms with Gasteiger partial charge in [-0.15, -0.1) is 15.3 Å². The van der Waals surface area contributed by atoms with Crippen LogP contribution < -0.4 is 5.32 Å². The number of azo groups is 2. The van der Waals surface area contributed by atoms with E-state index in [2.05, 4.69) is 25.8 Å². The molecule has 4 N–H and O–H groups in total. The Labute approximate surface area is 253 Å². The summed E-state index contributed by atoms with van der Waals surface area (Å²) in [5.74, 6) is -1.18. The third-order valence-corrected chi connectivity index (χ3v) is 9.65. The minimum absolute atomic E-state index is 0.0374. The van der Waals surface area contributed by atoms with E-state index in [4.69, 9.17) is 0 Å². The van der Waals surface area contributed by atoms with Gasteiger partial charge in [-0.3, -0.25) is 4.55 Å². The Kier molecular flexibility index (Phi) is 8.07. The minimum atomic E-state index is -4.95. The summed E-state index contributed by atoms with van der Waals surface area (Å²) >= 11 is 0. The third-order valence-electron chi connectivity index (χ3n) is 7.05. The van der Waals surface area contributed by atoms with Gasteiger partial charge in [0.15, 0.2) is 21.3 Å². The maximum atomic E-state index is 12.4. The van der Waals surface area contributed by atoms with E-state index < -0.39 is 30.6 Å². The number of anilines is 1. The zero-order chi connectivity index (χ0) is 31.8. The number of nitrogens with zero attached hydrogens (tertiary/aromatic N) is 4. The van der Waals surface area contributed by atoms with Crippen LogP contribution in [0.2, 0.25) is 0 Å². The van der Waals surface area contributed by atoms with Gasteiger partial charge in [0.1, 0.15) is 22.0 Å². The number of phenolic OH excluding ortho intramolecular Hbond substituents is 2. The number of aromatic hydroxyl groups is 2. The van der Waals surface area contributed by atoms with Crippen molar-refractivity contribution < 1.29 is 31.6 Å². The van der Waals surface area contributed by atoms with E-state index in [0.29, 0.717) is 27.8 Å². The molecule has 5 rings (SSSR count). The maximum Gasteiger partial charge on any atom is 0.295 e. The van der Waals surface area contributed by atoms with E-state index in [-0.39, 0.29) is 38.5 Å². The lowest BCUT2D eigenvalue weighted by atomic mass is 10.1. The molecule has 5 aromatic carbocycles. The summed E-state index contributed by atoms with van der Waals surface area (Å²) < 4.78 is 59.1. The van der Waals surface area contributed by atoms with Gasteiger partial charge < -0.3 is 15.5 Å². The van der Waals surface area contributed by atoms with Crippen LogP contribution in [-0.2, 0) is 20.0 Å². The first-order valence-electron chi connectivity index (χ1n) is 13.2. The van der Waals surface area contributed by atoms with E-state index in [1.54, 1.807) is 25.2 Å². The minimum Gasteiger partial charge on any atom is -0.505 e. The maximum absolute atomic E-state index is 12.4. The second-order valence-corrected chi connectivity index (χ2v) is 13.4. The van der Waals surface area contributed by atoms with E-state index in [0.717, 1.165) is 11.6 Å². The van der Waals surface area contributed by atoms with Crippen molar-refractivity contribution in [3.8, 4) is 11.5 Å². The number of rotatable bonds is 8. The average Bonchev–Trinajstić information content (AvgIpc) is 3.00. The van der Waals surface area contributed by atoms with Gasteiger partial charge in [-0.25, -0.2) is 8.42 Å². The average molecular weight is 634 g/mol. The van der Waals surface area contributed by atoms with Gasteiger partial charge in [0, 0.05) is 23.2 Å². The Balaban J connectivity index is 1.59. The monoisotopic (exact) mass is 633 g/mol. The first kappa shape index (κ1) is 30.5. The molecule has 0 atom stereocenters. The van der Waals surface area contributed by atoms with E-state index in [1.165, 1.54) is 31.2 Å². The first-order chi connectivity index (χ1) is 20.9. The number of fused-ring (bicyclic) bond motifs is 2. The summed E-state index contributed by atoms with van der Waals surface area (Å²) in [5.41, 5.74) is 2.65. The van der Waals surface area contributed by atoms with Crippen LogP contribution in [0.25, 0.3) is 21.5 Å². The molecule has 0 aromatic heterocycles. The zero-order valence-corrected chi connectivity index (χ0v) is 25.3. The topological polar surface area (TPSA) is 190 Å². The predicted octanol–water partition coefficient (Wildman–Crippen LogP) is 7.63. The smallest absolute Gasteiger partial charge is 0.295 e. The fourth-order valence-electron chi connectivity index (χ4n) is 4.64. The molecule has 14 heteroatoms. The molecule has 12 nitrogen and oxygen atoms in total. The Bertz CT molecular complexity index is 2230. The summed E-state index contributed by atoms with van der Waals surface area (Å²) in [5, 5.41) is 42.7. The molecule has 0 heterocycles. The predicted molar refractivity (Wildman–Crippen MR) is 168 cm³/mol. The fraction of sp³-hybridized carbons (Fsp3) is 0.133. The number of sulfone groups is 1. The lowest BCUT2D eigenvalue weighted by molar-refractivity contribution is 0.474. The third kappa shape index (κ3) is 5.69. The van der Waals surface area contributed by atoms with Crippen molar-refractivity contribution in [2.45, 2.75) is 23.6 Å². The number of nitrogens with one attached hydrogen (secondary N) is 1. The van der Waals surface area contributed by atoms with Crippen molar-refractivity contribution in [3.63, 3.8) is 0 Å². The van der Waals surface area contributed by atoms with Crippen LogP contribution in [0.1, 0.15) is 12.5 Å². The van der Waals surface area contributed by atoms with Crippen molar-refractivity contribution in [2.24, 2.45) is 20.5 Å². The highest BCUT2D eigenvalue weighted by molar-refractivity contribution is 7.91. The Hall–Kier alpha value is -4.92. The Morgan fingerprint density at radius 3 is 2.05 bits per heavy atom. The Morgan fingerprint density at radius 1 is 0.750 bits per heavy atom. The highest BCUT2D eigenvalue weighted by Gasteiger charge is 2.24. The number of hydrogen-bond acceptors (Lipinski definition) is 11. The van der Waals surface area contributed by atoms with Gasteiger partial charge in [-0.05, 0) is 66.4 Å².